The minimum Gasteiger partial charge on any atom is -0.478 e. The summed E-state index contributed by atoms with van der Waals surface area (Å²) in [7, 11) is 5.51. The van der Waals surface area contributed by atoms with Gasteiger partial charge in [-0.25, -0.2) is 4.79 Å². The van der Waals surface area contributed by atoms with Gasteiger partial charge in [0.15, 0.2) is 0 Å². The summed E-state index contributed by atoms with van der Waals surface area (Å²) in [5, 5.41) is 12.3. The van der Waals surface area contributed by atoms with Gasteiger partial charge in [0.2, 0.25) is 11.8 Å². The van der Waals surface area contributed by atoms with Crippen LogP contribution in [0.3, 0.4) is 0 Å². The van der Waals surface area contributed by atoms with Crippen molar-refractivity contribution in [2.24, 2.45) is 11.3 Å². The number of carbonyl (C=O) groups is 3. The average molecular weight is 424 g/mol. The zero-order valence-corrected chi connectivity index (χ0v) is 20.2. The molecule has 1 aliphatic rings. The molecule has 2 amide bonds. The SMILES string of the molecule is C/C(=C\[C@H](C(C)C)N(C)C(=O)[C@@H](NC(=O)C1(N(C)C)CCCC1)C(C)(C)C)C(=O)O. The van der Waals surface area contributed by atoms with Crippen molar-refractivity contribution in [1.29, 1.82) is 0 Å². The third-order valence-corrected chi connectivity index (χ3v) is 6.33. The Morgan fingerprint density at radius 2 is 1.57 bits per heavy atom. The van der Waals surface area contributed by atoms with Crippen molar-refractivity contribution in [2.75, 3.05) is 21.1 Å². The number of rotatable bonds is 8. The number of carboxylic acids is 1. The van der Waals surface area contributed by atoms with E-state index in [2.05, 4.69) is 5.32 Å². The summed E-state index contributed by atoms with van der Waals surface area (Å²) < 4.78 is 0. The molecule has 0 unspecified atom stereocenters. The zero-order valence-electron chi connectivity index (χ0n) is 20.2. The van der Waals surface area contributed by atoms with Gasteiger partial charge in [-0.05, 0) is 45.2 Å². The first kappa shape index (κ1) is 26.1. The van der Waals surface area contributed by atoms with Crippen LogP contribution in [0.2, 0.25) is 0 Å². The monoisotopic (exact) mass is 423 g/mol. The van der Waals surface area contributed by atoms with E-state index in [1.807, 2.05) is 53.6 Å². The molecule has 0 aromatic carbocycles. The van der Waals surface area contributed by atoms with Gasteiger partial charge in [0.05, 0.1) is 11.6 Å². The summed E-state index contributed by atoms with van der Waals surface area (Å²) in [6.45, 7) is 11.2. The highest BCUT2D eigenvalue weighted by atomic mass is 16.4. The largest absolute Gasteiger partial charge is 0.478 e. The molecule has 0 heterocycles. The van der Waals surface area contributed by atoms with Crippen molar-refractivity contribution in [3.8, 4) is 0 Å². The molecule has 2 N–H and O–H groups in total. The fourth-order valence-electron chi connectivity index (χ4n) is 4.18. The smallest absolute Gasteiger partial charge is 0.331 e. The molecule has 0 aromatic heterocycles. The lowest BCUT2D eigenvalue weighted by Crippen LogP contribution is -2.62. The van der Waals surface area contributed by atoms with Crippen LogP contribution in [-0.2, 0) is 14.4 Å². The lowest BCUT2D eigenvalue weighted by molar-refractivity contribution is -0.143. The predicted octanol–water partition coefficient (Wildman–Crippen LogP) is 2.91. The van der Waals surface area contributed by atoms with Gasteiger partial charge in [0.1, 0.15) is 6.04 Å². The van der Waals surface area contributed by atoms with E-state index in [-0.39, 0.29) is 29.3 Å². The molecule has 7 nitrogen and oxygen atoms in total. The normalized spacial score (nSPS) is 19.0. The minimum atomic E-state index is -1.00. The number of carboxylic acid groups (broad SMARTS) is 1. The highest BCUT2D eigenvalue weighted by Gasteiger charge is 2.46. The van der Waals surface area contributed by atoms with E-state index >= 15 is 0 Å². The molecule has 0 saturated heterocycles. The molecule has 0 bridgehead atoms. The summed E-state index contributed by atoms with van der Waals surface area (Å²) in [5.74, 6) is -1.30. The maximum Gasteiger partial charge on any atom is 0.331 e. The molecule has 0 aliphatic heterocycles. The van der Waals surface area contributed by atoms with E-state index < -0.39 is 23.0 Å². The van der Waals surface area contributed by atoms with Crippen molar-refractivity contribution >= 4 is 17.8 Å². The van der Waals surface area contributed by atoms with Gasteiger partial charge in [0.25, 0.3) is 0 Å². The van der Waals surface area contributed by atoms with Gasteiger partial charge in [-0.3, -0.25) is 14.5 Å². The van der Waals surface area contributed by atoms with Crippen molar-refractivity contribution in [3.63, 3.8) is 0 Å². The van der Waals surface area contributed by atoms with E-state index in [0.29, 0.717) is 0 Å². The molecule has 0 aromatic rings. The van der Waals surface area contributed by atoms with E-state index in [9.17, 15) is 19.5 Å². The van der Waals surface area contributed by atoms with Crippen molar-refractivity contribution < 1.29 is 19.5 Å². The Hall–Kier alpha value is -1.89. The Bertz CT molecular complexity index is 670. The maximum absolute atomic E-state index is 13.5. The third-order valence-electron chi connectivity index (χ3n) is 6.33. The number of hydrogen-bond donors (Lipinski definition) is 2. The summed E-state index contributed by atoms with van der Waals surface area (Å²) >= 11 is 0. The lowest BCUT2D eigenvalue weighted by Gasteiger charge is -2.41. The van der Waals surface area contributed by atoms with E-state index in [1.165, 1.54) is 6.92 Å². The Kier molecular flexibility index (Phi) is 8.67. The molecular formula is C23H41N3O4. The predicted molar refractivity (Wildman–Crippen MR) is 119 cm³/mol. The number of nitrogens with one attached hydrogen (secondary N) is 1. The number of hydrogen-bond acceptors (Lipinski definition) is 4. The molecule has 0 radical (unpaired) electrons. The number of aliphatic carboxylic acids is 1. The molecule has 30 heavy (non-hydrogen) atoms. The summed E-state index contributed by atoms with van der Waals surface area (Å²) in [6, 6.07) is -1.10. The molecule has 1 rings (SSSR count). The number of likely N-dealkylation sites (N-methyl/N-ethyl adjacent to an activating group) is 2. The molecule has 1 fully saturated rings. The first-order valence-electron chi connectivity index (χ1n) is 10.8. The zero-order chi connectivity index (χ0) is 23.4. The number of nitrogens with zero attached hydrogens (tertiary/aromatic N) is 2. The fraction of sp³-hybridized carbons (Fsp3) is 0.783. The van der Waals surface area contributed by atoms with Crippen LogP contribution in [0.5, 0.6) is 0 Å². The van der Waals surface area contributed by atoms with Crippen LogP contribution < -0.4 is 5.32 Å². The quantitative estimate of drug-likeness (QED) is 0.586. The molecule has 172 valence electrons. The first-order chi connectivity index (χ1) is 13.6. The molecule has 0 spiro atoms. The van der Waals surface area contributed by atoms with Crippen LogP contribution in [0.25, 0.3) is 0 Å². The third kappa shape index (κ3) is 5.84. The first-order valence-corrected chi connectivity index (χ1v) is 10.8. The Morgan fingerprint density at radius 3 is 1.93 bits per heavy atom. The maximum atomic E-state index is 13.5. The number of carbonyl (C=O) groups excluding carboxylic acids is 2. The Balaban J connectivity index is 3.21. The average Bonchev–Trinajstić information content (AvgIpc) is 3.12. The second kappa shape index (κ2) is 9.94. The van der Waals surface area contributed by atoms with Gasteiger partial charge < -0.3 is 15.3 Å². The topological polar surface area (TPSA) is 90.0 Å². The van der Waals surface area contributed by atoms with Crippen molar-refractivity contribution in [1.82, 2.24) is 15.1 Å². The van der Waals surface area contributed by atoms with Crippen molar-refractivity contribution in [3.05, 3.63) is 11.6 Å². The van der Waals surface area contributed by atoms with Crippen LogP contribution in [0.4, 0.5) is 0 Å². The minimum absolute atomic E-state index is 0.0209. The standard InChI is InChI=1S/C23H41N3O4/c1-15(2)17(14-16(3)20(28)29)26(9)19(27)18(22(4,5)6)24-21(30)23(25(7)8)12-10-11-13-23/h14-15,17-18H,10-13H2,1-9H3,(H,24,30)(H,28,29)/b16-14+/t17-,18-/m1/s1. The number of amides is 2. The van der Waals surface area contributed by atoms with Crippen LogP contribution in [0.1, 0.15) is 67.2 Å². The fourth-order valence-corrected chi connectivity index (χ4v) is 4.18. The molecule has 1 aliphatic carbocycles. The van der Waals surface area contributed by atoms with Crippen LogP contribution in [0.15, 0.2) is 11.6 Å². The van der Waals surface area contributed by atoms with E-state index in [1.54, 1.807) is 18.0 Å². The van der Waals surface area contributed by atoms with Gasteiger partial charge in [-0.1, -0.05) is 53.5 Å². The van der Waals surface area contributed by atoms with Crippen LogP contribution in [-0.4, -0.2) is 71.5 Å². The summed E-state index contributed by atoms with van der Waals surface area (Å²) in [4.78, 5) is 41.7. The Labute approximate surface area is 181 Å². The summed E-state index contributed by atoms with van der Waals surface area (Å²) in [6.07, 6.45) is 5.16. The highest BCUT2D eigenvalue weighted by Crippen LogP contribution is 2.35. The highest BCUT2D eigenvalue weighted by molar-refractivity contribution is 5.93. The van der Waals surface area contributed by atoms with E-state index in [0.717, 1.165) is 25.7 Å². The van der Waals surface area contributed by atoms with Gasteiger partial charge in [0, 0.05) is 12.6 Å². The molecule has 1 saturated carbocycles. The second-order valence-electron chi connectivity index (χ2n) is 10.2. The summed E-state index contributed by atoms with van der Waals surface area (Å²) in [5.41, 5.74) is -0.887. The Morgan fingerprint density at radius 1 is 1.07 bits per heavy atom. The molecule has 7 heteroatoms. The van der Waals surface area contributed by atoms with Crippen LogP contribution in [0, 0.1) is 11.3 Å². The van der Waals surface area contributed by atoms with Gasteiger partial charge in [-0.15, -0.1) is 0 Å². The second-order valence-corrected chi connectivity index (χ2v) is 10.2. The van der Waals surface area contributed by atoms with Gasteiger partial charge in [-0.2, -0.15) is 0 Å². The van der Waals surface area contributed by atoms with Gasteiger partial charge >= 0.3 is 5.97 Å². The molecule has 2 atom stereocenters. The van der Waals surface area contributed by atoms with Crippen molar-refractivity contribution in [2.45, 2.75) is 84.8 Å². The van der Waals surface area contributed by atoms with E-state index in [4.69, 9.17) is 0 Å². The lowest BCUT2D eigenvalue weighted by atomic mass is 9.84. The van der Waals surface area contributed by atoms with Crippen LogP contribution >= 0.6 is 0 Å². The molecular weight excluding hydrogens is 382 g/mol.